The zero-order valence-electron chi connectivity index (χ0n) is 27.3. The lowest BCUT2D eigenvalue weighted by Gasteiger charge is -2.41. The molecule has 0 bridgehead atoms. The van der Waals surface area contributed by atoms with E-state index in [0.717, 1.165) is 44.1 Å². The third-order valence-electron chi connectivity index (χ3n) is 8.85. The van der Waals surface area contributed by atoms with Gasteiger partial charge in [0.15, 0.2) is 5.60 Å². The van der Waals surface area contributed by atoms with Crippen LogP contribution in [0.1, 0.15) is 79.6 Å². The number of nitrogens with zero attached hydrogens (tertiary/aromatic N) is 2. The lowest BCUT2D eigenvalue weighted by molar-refractivity contribution is -0.296. The largest absolute Gasteiger partial charge is 0.417 e. The highest BCUT2D eigenvalue weighted by molar-refractivity contribution is 5.83. The summed E-state index contributed by atoms with van der Waals surface area (Å²) in [5.74, 6) is 2.80. The molecule has 0 aromatic rings. The number of ether oxygens (including phenoxy) is 1. The minimum Gasteiger partial charge on any atom is -0.369 e. The molecule has 5 rings (SSSR count). The van der Waals surface area contributed by atoms with Crippen molar-refractivity contribution >= 4 is 25.0 Å². The van der Waals surface area contributed by atoms with E-state index in [1.165, 1.54) is 13.1 Å². The molecule has 4 unspecified atom stereocenters. The molecule has 3 N–H and O–H groups in total. The van der Waals surface area contributed by atoms with Crippen LogP contribution < -0.4 is 16.0 Å². The van der Waals surface area contributed by atoms with Crippen molar-refractivity contribution in [1.29, 1.82) is 5.26 Å². The molecule has 2 saturated heterocycles. The molecule has 2 aliphatic heterocycles. The van der Waals surface area contributed by atoms with Crippen molar-refractivity contribution < 1.29 is 37.1 Å². The molecule has 4 atom stereocenters. The predicted molar refractivity (Wildman–Crippen MR) is 160 cm³/mol. The van der Waals surface area contributed by atoms with Crippen LogP contribution in [-0.2, 0) is 23.9 Å². The van der Waals surface area contributed by atoms with Gasteiger partial charge in [0, 0.05) is 31.7 Å². The van der Waals surface area contributed by atoms with E-state index in [4.69, 9.17) is 5.26 Å². The minimum absolute atomic E-state index is 0.0282. The standard InChI is InChI=1S/C10H13N3O2.C8H15N.C6H9F3O.C4H10.C3H5NO2/c11-5-8(12-6-14)3-7-4-10(1-2-10)13-9(7)15;1-8(2)6-4-9(3)5-7(6)8;1-10-5(3-2-4-5)6(7,8)9;1-4(2)3;5-2-1-4-3-6/h6-8H,1-4H2,(H,12,14)(H,13,15);6-7H,4-5H2,1-3H3;2-4H2,1H3;4H,1-3H3;2-3H,1H2,(H,4,6). The van der Waals surface area contributed by atoms with Gasteiger partial charge in [-0.1, -0.05) is 34.6 Å². The Morgan fingerprint density at radius 1 is 1.09 bits per heavy atom. The van der Waals surface area contributed by atoms with Gasteiger partial charge in [-0.15, -0.1) is 0 Å². The van der Waals surface area contributed by atoms with Crippen LogP contribution in [0, 0.1) is 40.4 Å². The number of carbonyl (C=O) groups is 4. The zero-order chi connectivity index (χ0) is 33.8. The maximum absolute atomic E-state index is 12.0. The Kier molecular flexibility index (Phi) is 15.3. The molecular weight excluding hydrogens is 579 g/mol. The fraction of sp³-hybridized carbons (Fsp3) is 0.839. The molecule has 5 fully saturated rings. The van der Waals surface area contributed by atoms with Crippen molar-refractivity contribution in [1.82, 2.24) is 20.9 Å². The number of rotatable bonds is 8. The van der Waals surface area contributed by atoms with E-state index in [2.05, 4.69) is 67.3 Å². The average molecular weight is 632 g/mol. The van der Waals surface area contributed by atoms with Crippen molar-refractivity contribution in [3.8, 4) is 6.07 Å². The predicted octanol–water partition coefficient (Wildman–Crippen LogP) is 3.60. The number of hydrogen-bond donors (Lipinski definition) is 3. The van der Waals surface area contributed by atoms with Crippen molar-refractivity contribution in [2.45, 2.75) is 103 Å². The smallest absolute Gasteiger partial charge is 0.369 e. The number of fused-ring (bicyclic) bond motifs is 1. The van der Waals surface area contributed by atoms with Gasteiger partial charge in [0.1, 0.15) is 12.3 Å². The molecule has 13 heteroatoms. The number of likely N-dealkylation sites (tertiary alicyclic amines) is 1. The fourth-order valence-corrected chi connectivity index (χ4v) is 5.70. The van der Waals surface area contributed by atoms with Crippen LogP contribution >= 0.6 is 0 Å². The van der Waals surface area contributed by atoms with E-state index in [1.807, 2.05) is 6.07 Å². The van der Waals surface area contributed by atoms with E-state index in [-0.39, 0.29) is 36.8 Å². The first kappa shape index (κ1) is 39.3. The second-order valence-corrected chi connectivity index (χ2v) is 13.6. The Morgan fingerprint density at radius 2 is 1.64 bits per heavy atom. The lowest BCUT2D eigenvalue weighted by atomic mass is 9.79. The Morgan fingerprint density at radius 3 is 1.89 bits per heavy atom. The van der Waals surface area contributed by atoms with Gasteiger partial charge < -0.3 is 30.4 Å². The number of piperidine rings is 1. The third-order valence-corrected chi connectivity index (χ3v) is 8.85. The summed E-state index contributed by atoms with van der Waals surface area (Å²) in [6.07, 6.45) is 1.61. The van der Waals surface area contributed by atoms with Gasteiger partial charge in [-0.2, -0.15) is 18.4 Å². The summed E-state index contributed by atoms with van der Waals surface area (Å²) in [4.78, 5) is 42.8. The number of nitrogens with one attached hydrogen (secondary N) is 3. The molecule has 3 aliphatic carbocycles. The van der Waals surface area contributed by atoms with Gasteiger partial charge in [0.2, 0.25) is 18.7 Å². The molecule has 3 saturated carbocycles. The SMILES string of the molecule is CC(C)C.CN1CC2C(C1)C2(C)C.COC1(C(F)(F)F)CCC1.N#CC(CC1CC2(CC2)NC1=O)NC=O.O=CCNC=O. The van der Waals surface area contributed by atoms with Crippen LogP contribution in [0.15, 0.2) is 0 Å². The molecule has 44 heavy (non-hydrogen) atoms. The van der Waals surface area contributed by atoms with Gasteiger partial charge in [-0.3, -0.25) is 14.4 Å². The average Bonchev–Trinajstić information content (AvgIpc) is 3.61. The Hall–Kier alpha value is -2.72. The van der Waals surface area contributed by atoms with Crippen LogP contribution in [0.5, 0.6) is 0 Å². The third kappa shape index (κ3) is 11.7. The second kappa shape index (κ2) is 17.1. The number of hydrogen-bond acceptors (Lipinski definition) is 7. The van der Waals surface area contributed by atoms with Crippen molar-refractivity contribution in [3.63, 3.8) is 0 Å². The van der Waals surface area contributed by atoms with Crippen molar-refractivity contribution in [2.75, 3.05) is 33.8 Å². The molecule has 10 nitrogen and oxygen atoms in total. The molecule has 0 aromatic carbocycles. The van der Waals surface area contributed by atoms with E-state index < -0.39 is 17.8 Å². The first-order chi connectivity index (χ1) is 20.5. The van der Waals surface area contributed by atoms with E-state index in [1.54, 1.807) is 0 Å². The summed E-state index contributed by atoms with van der Waals surface area (Å²) in [5, 5.41) is 16.3. The fourth-order valence-electron chi connectivity index (χ4n) is 5.70. The summed E-state index contributed by atoms with van der Waals surface area (Å²) >= 11 is 0. The van der Waals surface area contributed by atoms with Crippen molar-refractivity contribution in [3.05, 3.63) is 0 Å². The van der Waals surface area contributed by atoms with Crippen LogP contribution in [-0.4, -0.2) is 87.1 Å². The summed E-state index contributed by atoms with van der Waals surface area (Å²) in [6, 6.07) is 1.43. The maximum atomic E-state index is 12.0. The number of alkyl halides is 3. The summed E-state index contributed by atoms with van der Waals surface area (Å²) in [5.41, 5.74) is -1.05. The molecule has 252 valence electrons. The number of aldehydes is 1. The number of halogens is 3. The molecular formula is C31H52F3N5O5. The van der Waals surface area contributed by atoms with Crippen molar-refractivity contribution in [2.24, 2.45) is 29.1 Å². The molecule has 3 amide bonds. The Balaban J connectivity index is 0.000000294. The molecule has 5 aliphatic rings. The molecule has 1 spiro atoms. The summed E-state index contributed by atoms with van der Waals surface area (Å²) in [6.45, 7) is 14.1. The van der Waals surface area contributed by atoms with Crippen LogP contribution in [0.4, 0.5) is 13.2 Å². The van der Waals surface area contributed by atoms with E-state index >= 15 is 0 Å². The Labute approximate surface area is 260 Å². The topological polar surface area (TPSA) is 141 Å². The highest BCUT2D eigenvalue weighted by Crippen LogP contribution is 2.61. The van der Waals surface area contributed by atoms with Gasteiger partial charge in [0.05, 0.1) is 12.6 Å². The minimum atomic E-state index is -4.18. The number of carbonyl (C=O) groups excluding carboxylic acids is 4. The monoisotopic (exact) mass is 631 g/mol. The van der Waals surface area contributed by atoms with Gasteiger partial charge in [0.25, 0.3) is 0 Å². The van der Waals surface area contributed by atoms with Gasteiger partial charge in [-0.25, -0.2) is 0 Å². The number of methoxy groups -OCH3 is 1. The zero-order valence-corrected chi connectivity index (χ0v) is 27.3. The second-order valence-electron chi connectivity index (χ2n) is 13.6. The number of nitriles is 1. The summed E-state index contributed by atoms with van der Waals surface area (Å²) < 4.78 is 40.5. The normalized spacial score (nSPS) is 26.3. The number of amides is 3. The molecule has 0 aromatic heterocycles. The van der Waals surface area contributed by atoms with Crippen LogP contribution in [0.3, 0.4) is 0 Å². The van der Waals surface area contributed by atoms with Gasteiger partial charge in [-0.05, 0) is 75.2 Å². The highest BCUT2D eigenvalue weighted by atomic mass is 19.4. The van der Waals surface area contributed by atoms with Crippen LogP contribution in [0.25, 0.3) is 0 Å². The molecule has 0 radical (unpaired) electrons. The lowest BCUT2D eigenvalue weighted by Crippen LogP contribution is -2.52. The van der Waals surface area contributed by atoms with E-state index in [9.17, 15) is 32.3 Å². The molecule has 2 heterocycles. The first-order valence-corrected chi connectivity index (χ1v) is 15.3. The highest BCUT2D eigenvalue weighted by Gasteiger charge is 2.61. The van der Waals surface area contributed by atoms with Gasteiger partial charge >= 0.3 is 6.18 Å². The van der Waals surface area contributed by atoms with E-state index in [0.29, 0.717) is 37.4 Å². The summed E-state index contributed by atoms with van der Waals surface area (Å²) in [7, 11) is 3.34. The van der Waals surface area contributed by atoms with Crippen LogP contribution in [0.2, 0.25) is 0 Å². The first-order valence-electron chi connectivity index (χ1n) is 15.3. The Bertz CT molecular complexity index is 946. The maximum Gasteiger partial charge on any atom is 0.417 e. The quantitative estimate of drug-likeness (QED) is 0.275.